The SMILES string of the molecule is CCCCOOC(=O)c1ccccc1-c1ccccc1. The van der Waals surface area contributed by atoms with Crippen LogP contribution in [0.25, 0.3) is 11.1 Å². The first-order chi connectivity index (χ1) is 9.83. The highest BCUT2D eigenvalue weighted by atomic mass is 17.2. The molecule has 0 N–H and O–H groups in total. The fraction of sp³-hybridized carbons (Fsp3) is 0.235. The Morgan fingerprint density at radius 1 is 1.00 bits per heavy atom. The third-order valence-electron chi connectivity index (χ3n) is 2.95. The zero-order valence-electron chi connectivity index (χ0n) is 11.5. The van der Waals surface area contributed by atoms with E-state index >= 15 is 0 Å². The van der Waals surface area contributed by atoms with E-state index in [9.17, 15) is 4.79 Å². The molecule has 3 heteroatoms. The summed E-state index contributed by atoms with van der Waals surface area (Å²) < 4.78 is 0. The van der Waals surface area contributed by atoms with Gasteiger partial charge in [-0.15, -0.1) is 0 Å². The van der Waals surface area contributed by atoms with Crippen LogP contribution in [0.1, 0.15) is 30.1 Å². The standard InChI is InChI=1S/C17H18O3/c1-2-3-13-19-20-17(18)16-12-8-7-11-15(16)14-9-5-4-6-10-14/h4-12H,2-3,13H2,1H3. The molecule has 0 unspecified atom stereocenters. The number of hydrogen-bond acceptors (Lipinski definition) is 3. The molecule has 2 aromatic rings. The summed E-state index contributed by atoms with van der Waals surface area (Å²) in [5.74, 6) is -0.458. The lowest BCUT2D eigenvalue weighted by Gasteiger charge is -2.08. The average molecular weight is 270 g/mol. The second-order valence-electron chi connectivity index (χ2n) is 4.46. The molecule has 0 fully saturated rings. The monoisotopic (exact) mass is 270 g/mol. The summed E-state index contributed by atoms with van der Waals surface area (Å²) in [4.78, 5) is 21.8. The highest BCUT2D eigenvalue weighted by molar-refractivity contribution is 5.96. The van der Waals surface area contributed by atoms with Crippen LogP contribution in [-0.2, 0) is 9.78 Å². The minimum Gasteiger partial charge on any atom is -0.293 e. The summed E-state index contributed by atoms with van der Waals surface area (Å²) in [7, 11) is 0. The van der Waals surface area contributed by atoms with Crippen molar-refractivity contribution < 1.29 is 14.6 Å². The molecule has 0 aliphatic rings. The van der Waals surface area contributed by atoms with Crippen molar-refractivity contribution in [2.24, 2.45) is 0 Å². The van der Waals surface area contributed by atoms with Gasteiger partial charge in [-0.1, -0.05) is 61.9 Å². The number of hydrogen-bond donors (Lipinski definition) is 0. The van der Waals surface area contributed by atoms with Gasteiger partial charge in [0.1, 0.15) is 0 Å². The molecule has 2 rings (SSSR count). The van der Waals surface area contributed by atoms with E-state index in [1.54, 1.807) is 6.07 Å². The molecule has 0 aromatic heterocycles. The third-order valence-corrected chi connectivity index (χ3v) is 2.95. The number of carbonyl (C=O) groups excluding carboxylic acids is 1. The maximum atomic E-state index is 12.1. The van der Waals surface area contributed by atoms with Crippen molar-refractivity contribution in [2.75, 3.05) is 6.61 Å². The van der Waals surface area contributed by atoms with Crippen molar-refractivity contribution in [1.29, 1.82) is 0 Å². The van der Waals surface area contributed by atoms with Crippen molar-refractivity contribution >= 4 is 5.97 Å². The molecule has 0 aliphatic heterocycles. The van der Waals surface area contributed by atoms with Gasteiger partial charge in [-0.2, -0.15) is 4.89 Å². The van der Waals surface area contributed by atoms with Gasteiger partial charge in [-0.05, 0) is 23.6 Å². The molecule has 0 heterocycles. The summed E-state index contributed by atoms with van der Waals surface area (Å²) in [6.07, 6.45) is 1.87. The van der Waals surface area contributed by atoms with Gasteiger partial charge in [0.2, 0.25) is 0 Å². The molecule has 0 amide bonds. The molecule has 2 aromatic carbocycles. The molecule has 0 saturated carbocycles. The molecule has 0 bridgehead atoms. The molecule has 20 heavy (non-hydrogen) atoms. The Morgan fingerprint density at radius 2 is 1.70 bits per heavy atom. The molecule has 3 nitrogen and oxygen atoms in total. The summed E-state index contributed by atoms with van der Waals surface area (Å²) in [6.45, 7) is 2.48. The lowest BCUT2D eigenvalue weighted by atomic mass is 10.00. The van der Waals surface area contributed by atoms with Crippen molar-refractivity contribution in [2.45, 2.75) is 19.8 Å². The van der Waals surface area contributed by atoms with E-state index in [0.29, 0.717) is 12.2 Å². The summed E-state index contributed by atoms with van der Waals surface area (Å²) in [5.41, 5.74) is 2.33. The first-order valence-electron chi connectivity index (χ1n) is 6.81. The zero-order valence-corrected chi connectivity index (χ0v) is 11.5. The molecule has 0 aliphatic carbocycles. The molecule has 0 radical (unpaired) electrons. The fourth-order valence-corrected chi connectivity index (χ4v) is 1.87. The normalized spacial score (nSPS) is 10.2. The maximum Gasteiger partial charge on any atom is 0.373 e. The quantitative estimate of drug-likeness (QED) is 0.447. The third kappa shape index (κ3) is 3.68. The largest absolute Gasteiger partial charge is 0.373 e. The van der Waals surface area contributed by atoms with Gasteiger partial charge in [-0.3, -0.25) is 4.89 Å². The van der Waals surface area contributed by atoms with Crippen LogP contribution in [0.3, 0.4) is 0 Å². The number of unbranched alkanes of at least 4 members (excludes halogenated alkanes) is 1. The van der Waals surface area contributed by atoms with Crippen molar-refractivity contribution in [3.8, 4) is 11.1 Å². The number of carbonyl (C=O) groups is 1. The van der Waals surface area contributed by atoms with Crippen LogP contribution < -0.4 is 0 Å². The average Bonchev–Trinajstić information content (AvgIpc) is 2.52. The lowest BCUT2D eigenvalue weighted by Crippen LogP contribution is -2.08. The molecule has 104 valence electrons. The molecule has 0 saturated heterocycles. The van der Waals surface area contributed by atoms with E-state index in [-0.39, 0.29) is 0 Å². The van der Waals surface area contributed by atoms with E-state index in [4.69, 9.17) is 9.78 Å². The smallest absolute Gasteiger partial charge is 0.293 e. The Bertz CT molecular complexity index is 549. The zero-order chi connectivity index (χ0) is 14.2. The summed E-state index contributed by atoms with van der Waals surface area (Å²) in [6, 6.07) is 17.1. The molecule has 0 atom stereocenters. The van der Waals surface area contributed by atoms with Crippen LogP contribution in [0.2, 0.25) is 0 Å². The van der Waals surface area contributed by atoms with Crippen LogP contribution in [0.5, 0.6) is 0 Å². The highest BCUT2D eigenvalue weighted by Crippen LogP contribution is 2.23. The van der Waals surface area contributed by atoms with Gasteiger partial charge in [0.25, 0.3) is 0 Å². The van der Waals surface area contributed by atoms with E-state index < -0.39 is 5.97 Å². The minimum atomic E-state index is -0.458. The van der Waals surface area contributed by atoms with Gasteiger partial charge in [0.15, 0.2) is 0 Å². The van der Waals surface area contributed by atoms with Gasteiger partial charge in [0, 0.05) is 0 Å². The molecule has 0 spiro atoms. The summed E-state index contributed by atoms with van der Waals surface area (Å²) in [5, 5.41) is 0. The minimum absolute atomic E-state index is 0.426. The Hall–Kier alpha value is -2.13. The summed E-state index contributed by atoms with van der Waals surface area (Å²) >= 11 is 0. The lowest BCUT2D eigenvalue weighted by molar-refractivity contribution is -0.241. The van der Waals surface area contributed by atoms with Crippen molar-refractivity contribution in [3.63, 3.8) is 0 Å². The van der Waals surface area contributed by atoms with E-state index in [1.165, 1.54) is 0 Å². The van der Waals surface area contributed by atoms with Crippen LogP contribution in [0.4, 0.5) is 0 Å². The predicted molar refractivity (Wildman–Crippen MR) is 78.2 cm³/mol. The van der Waals surface area contributed by atoms with Crippen LogP contribution in [0, 0.1) is 0 Å². The maximum absolute atomic E-state index is 12.1. The fourth-order valence-electron chi connectivity index (χ4n) is 1.87. The topological polar surface area (TPSA) is 35.5 Å². The van der Waals surface area contributed by atoms with E-state index in [1.807, 2.05) is 48.5 Å². The Balaban J connectivity index is 2.14. The Kier molecular flexibility index (Phi) is 5.33. The van der Waals surface area contributed by atoms with E-state index in [2.05, 4.69) is 6.92 Å². The number of benzene rings is 2. The van der Waals surface area contributed by atoms with Gasteiger partial charge >= 0.3 is 5.97 Å². The predicted octanol–water partition coefficient (Wildman–Crippen LogP) is 4.24. The van der Waals surface area contributed by atoms with Gasteiger partial charge < -0.3 is 0 Å². The van der Waals surface area contributed by atoms with E-state index in [0.717, 1.165) is 24.0 Å². The second kappa shape index (κ2) is 7.46. The molecular weight excluding hydrogens is 252 g/mol. The van der Waals surface area contributed by atoms with Crippen LogP contribution in [0.15, 0.2) is 54.6 Å². The highest BCUT2D eigenvalue weighted by Gasteiger charge is 2.14. The van der Waals surface area contributed by atoms with Gasteiger partial charge in [-0.25, -0.2) is 4.79 Å². The van der Waals surface area contributed by atoms with Crippen molar-refractivity contribution in [1.82, 2.24) is 0 Å². The molecular formula is C17H18O3. The second-order valence-corrected chi connectivity index (χ2v) is 4.46. The number of rotatable bonds is 6. The van der Waals surface area contributed by atoms with Crippen LogP contribution >= 0.6 is 0 Å². The van der Waals surface area contributed by atoms with Crippen LogP contribution in [-0.4, -0.2) is 12.6 Å². The van der Waals surface area contributed by atoms with Crippen molar-refractivity contribution in [3.05, 3.63) is 60.2 Å². The van der Waals surface area contributed by atoms with Gasteiger partial charge in [0.05, 0.1) is 12.2 Å². The first kappa shape index (κ1) is 14.3. The first-order valence-corrected chi connectivity index (χ1v) is 6.81. The Labute approximate surface area is 119 Å². The Morgan fingerprint density at radius 3 is 2.45 bits per heavy atom.